The summed E-state index contributed by atoms with van der Waals surface area (Å²) in [5.41, 5.74) is 2.42. The maximum Gasteiger partial charge on any atom is 0.289 e. The van der Waals surface area contributed by atoms with Crippen molar-refractivity contribution >= 4 is 23.2 Å². The van der Waals surface area contributed by atoms with Crippen molar-refractivity contribution in [1.82, 2.24) is 24.8 Å². The molecule has 0 spiro atoms. The molecule has 1 aliphatic rings. The van der Waals surface area contributed by atoms with Crippen LogP contribution >= 0.6 is 11.3 Å². The highest BCUT2D eigenvalue weighted by molar-refractivity contribution is 7.13. The van der Waals surface area contributed by atoms with E-state index in [9.17, 15) is 4.79 Å². The summed E-state index contributed by atoms with van der Waals surface area (Å²) in [7, 11) is 0. The third-order valence-corrected chi connectivity index (χ3v) is 5.83. The van der Waals surface area contributed by atoms with Crippen LogP contribution in [0.3, 0.4) is 0 Å². The molecule has 0 saturated carbocycles. The van der Waals surface area contributed by atoms with Crippen molar-refractivity contribution in [2.24, 2.45) is 0 Å². The number of aromatic nitrogens is 4. The third-order valence-electron chi connectivity index (χ3n) is 4.95. The molecule has 0 N–H and O–H groups in total. The molecule has 0 aliphatic carbocycles. The smallest absolute Gasteiger partial charge is 0.289 e. The monoisotopic (exact) mass is 418 g/mol. The lowest BCUT2D eigenvalue weighted by atomic mass is 10.1. The fraction of sp³-hybridized carbons (Fsp3) is 0.190. The van der Waals surface area contributed by atoms with Gasteiger partial charge in [0, 0.05) is 50.3 Å². The molecule has 9 heteroatoms. The third kappa shape index (κ3) is 3.55. The van der Waals surface area contributed by atoms with Crippen LogP contribution in [0.5, 0.6) is 0 Å². The topological polar surface area (TPSA) is 88.3 Å². The highest BCUT2D eigenvalue weighted by Crippen LogP contribution is 2.32. The van der Waals surface area contributed by atoms with Gasteiger partial charge in [-0.25, -0.2) is 9.97 Å². The number of hydrogen-bond acceptors (Lipinski definition) is 8. The summed E-state index contributed by atoms with van der Waals surface area (Å²) in [6, 6.07) is 7.45. The zero-order valence-electron chi connectivity index (χ0n) is 16.0. The van der Waals surface area contributed by atoms with E-state index >= 15 is 0 Å². The minimum absolute atomic E-state index is 0.0853. The Morgan fingerprint density at radius 3 is 2.63 bits per heavy atom. The van der Waals surface area contributed by atoms with Gasteiger partial charge in [0.05, 0.1) is 28.7 Å². The van der Waals surface area contributed by atoms with E-state index in [-0.39, 0.29) is 5.91 Å². The number of nitrogens with zero attached hydrogens (tertiary/aromatic N) is 6. The molecule has 1 fully saturated rings. The van der Waals surface area contributed by atoms with Crippen molar-refractivity contribution in [3.63, 3.8) is 0 Å². The Labute approximate surface area is 176 Å². The summed E-state index contributed by atoms with van der Waals surface area (Å²) in [5, 5.41) is 2.02. The van der Waals surface area contributed by atoms with Gasteiger partial charge in [-0.15, -0.1) is 11.3 Å². The second kappa shape index (κ2) is 8.03. The van der Waals surface area contributed by atoms with E-state index in [1.54, 1.807) is 47.0 Å². The average molecular weight is 418 g/mol. The van der Waals surface area contributed by atoms with Gasteiger partial charge in [0.2, 0.25) is 5.95 Å². The molecule has 5 rings (SSSR count). The van der Waals surface area contributed by atoms with Gasteiger partial charge in [0.15, 0.2) is 5.76 Å². The van der Waals surface area contributed by atoms with Crippen LogP contribution < -0.4 is 4.90 Å². The number of hydrogen-bond donors (Lipinski definition) is 0. The molecule has 1 amide bonds. The molecule has 0 bridgehead atoms. The summed E-state index contributed by atoms with van der Waals surface area (Å²) >= 11 is 1.62. The van der Waals surface area contributed by atoms with E-state index in [1.165, 1.54) is 6.26 Å². The number of piperazine rings is 1. The first-order chi connectivity index (χ1) is 14.8. The lowest BCUT2D eigenvalue weighted by Gasteiger charge is -2.34. The van der Waals surface area contributed by atoms with Gasteiger partial charge in [-0.05, 0) is 23.6 Å². The number of thiophene rings is 1. The van der Waals surface area contributed by atoms with Gasteiger partial charge in [-0.1, -0.05) is 6.07 Å². The maximum atomic E-state index is 12.5. The van der Waals surface area contributed by atoms with Gasteiger partial charge >= 0.3 is 0 Å². The molecule has 30 heavy (non-hydrogen) atoms. The van der Waals surface area contributed by atoms with E-state index < -0.39 is 0 Å². The summed E-state index contributed by atoms with van der Waals surface area (Å²) in [6.07, 6.45) is 8.35. The van der Waals surface area contributed by atoms with Gasteiger partial charge in [-0.2, -0.15) is 0 Å². The quantitative estimate of drug-likeness (QED) is 0.503. The molecular weight excluding hydrogens is 400 g/mol. The van der Waals surface area contributed by atoms with Crippen LogP contribution in [0.1, 0.15) is 10.6 Å². The van der Waals surface area contributed by atoms with Crippen molar-refractivity contribution < 1.29 is 9.21 Å². The highest BCUT2D eigenvalue weighted by Gasteiger charge is 2.25. The number of rotatable bonds is 4. The van der Waals surface area contributed by atoms with Crippen LogP contribution in [0.2, 0.25) is 0 Å². The molecule has 150 valence electrons. The van der Waals surface area contributed by atoms with Crippen LogP contribution in [0.15, 0.2) is 65.1 Å². The molecule has 0 unspecified atom stereocenters. The van der Waals surface area contributed by atoms with E-state index in [0.29, 0.717) is 37.9 Å². The van der Waals surface area contributed by atoms with Crippen LogP contribution in [-0.2, 0) is 0 Å². The van der Waals surface area contributed by atoms with Gasteiger partial charge in [0.25, 0.3) is 5.91 Å². The highest BCUT2D eigenvalue weighted by atomic mass is 32.1. The van der Waals surface area contributed by atoms with Crippen molar-refractivity contribution in [1.29, 1.82) is 0 Å². The standard InChI is InChI=1S/C21H18N6O2S/c28-20(17-3-1-11-29-17)26-7-9-27(10-8-26)21-24-13-15(16-14-22-5-6-23-16)19(25-21)18-4-2-12-30-18/h1-6,11-14H,7-10H2. The van der Waals surface area contributed by atoms with Crippen molar-refractivity contribution in [3.8, 4) is 21.8 Å². The Bertz CT molecular complexity index is 1120. The Morgan fingerprint density at radius 2 is 1.93 bits per heavy atom. The number of carbonyl (C=O) groups is 1. The molecular formula is C21H18N6O2S. The minimum Gasteiger partial charge on any atom is -0.459 e. The Morgan fingerprint density at radius 1 is 1.03 bits per heavy atom. The normalized spacial score (nSPS) is 14.1. The fourth-order valence-corrected chi connectivity index (χ4v) is 4.15. The molecule has 0 atom stereocenters. The maximum absolute atomic E-state index is 12.5. The van der Waals surface area contributed by atoms with Crippen LogP contribution in [0, 0.1) is 0 Å². The molecule has 5 heterocycles. The number of amides is 1. The zero-order chi connectivity index (χ0) is 20.3. The minimum atomic E-state index is -0.0853. The first-order valence-electron chi connectivity index (χ1n) is 9.54. The average Bonchev–Trinajstić information content (AvgIpc) is 3.54. The Kier molecular flexibility index (Phi) is 4.94. The molecule has 1 aliphatic heterocycles. The van der Waals surface area contributed by atoms with E-state index in [1.807, 2.05) is 23.7 Å². The van der Waals surface area contributed by atoms with Gasteiger partial charge in [-0.3, -0.25) is 14.8 Å². The lowest BCUT2D eigenvalue weighted by Crippen LogP contribution is -2.49. The SMILES string of the molecule is O=C(c1ccco1)N1CCN(c2ncc(-c3cnccn3)c(-c3cccs3)n2)CC1. The molecule has 1 saturated heterocycles. The lowest BCUT2D eigenvalue weighted by molar-refractivity contribution is 0.0714. The number of carbonyl (C=O) groups excluding carboxylic acids is 1. The molecule has 4 aromatic rings. The second-order valence-electron chi connectivity index (χ2n) is 6.76. The largest absolute Gasteiger partial charge is 0.459 e. The zero-order valence-corrected chi connectivity index (χ0v) is 16.8. The summed E-state index contributed by atoms with van der Waals surface area (Å²) in [4.78, 5) is 35.5. The fourth-order valence-electron chi connectivity index (χ4n) is 3.42. The summed E-state index contributed by atoms with van der Waals surface area (Å²) in [5.74, 6) is 0.932. The molecule has 0 radical (unpaired) electrons. The Balaban J connectivity index is 1.39. The van der Waals surface area contributed by atoms with Crippen LogP contribution in [0.25, 0.3) is 21.8 Å². The predicted molar refractivity (Wildman–Crippen MR) is 113 cm³/mol. The second-order valence-corrected chi connectivity index (χ2v) is 7.70. The molecule has 8 nitrogen and oxygen atoms in total. The molecule has 0 aromatic carbocycles. The number of furan rings is 1. The van der Waals surface area contributed by atoms with Gasteiger partial charge in [0.1, 0.15) is 0 Å². The Hall–Kier alpha value is -3.59. The van der Waals surface area contributed by atoms with E-state index in [2.05, 4.69) is 19.9 Å². The summed E-state index contributed by atoms with van der Waals surface area (Å²) in [6.45, 7) is 2.48. The number of anilines is 1. The van der Waals surface area contributed by atoms with Crippen molar-refractivity contribution in [2.75, 3.05) is 31.1 Å². The van der Waals surface area contributed by atoms with Crippen LogP contribution in [-0.4, -0.2) is 56.9 Å². The molecule has 4 aromatic heterocycles. The van der Waals surface area contributed by atoms with Crippen molar-refractivity contribution in [3.05, 3.63) is 66.5 Å². The summed E-state index contributed by atoms with van der Waals surface area (Å²) < 4.78 is 5.23. The van der Waals surface area contributed by atoms with Gasteiger partial charge < -0.3 is 14.2 Å². The first kappa shape index (κ1) is 18.4. The van der Waals surface area contributed by atoms with E-state index in [0.717, 1.165) is 21.8 Å². The van der Waals surface area contributed by atoms with Crippen molar-refractivity contribution in [2.45, 2.75) is 0 Å². The first-order valence-corrected chi connectivity index (χ1v) is 10.4. The van der Waals surface area contributed by atoms with E-state index in [4.69, 9.17) is 9.40 Å². The predicted octanol–water partition coefficient (Wildman–Crippen LogP) is 3.22. The van der Waals surface area contributed by atoms with Crippen LogP contribution in [0.4, 0.5) is 5.95 Å².